The van der Waals surface area contributed by atoms with Crippen molar-refractivity contribution in [3.8, 4) is 5.75 Å². The zero-order chi connectivity index (χ0) is 27.9. The molecule has 0 unspecified atom stereocenters. The summed E-state index contributed by atoms with van der Waals surface area (Å²) in [5.41, 5.74) is 3.25. The van der Waals surface area contributed by atoms with Gasteiger partial charge in [0.25, 0.3) is 5.91 Å². The number of nitrogens with zero attached hydrogens (tertiary/aromatic N) is 3. The summed E-state index contributed by atoms with van der Waals surface area (Å²) in [5, 5.41) is 5.59. The van der Waals surface area contributed by atoms with E-state index in [4.69, 9.17) is 10.5 Å². The Morgan fingerprint density at radius 3 is 2.26 bits per heavy atom. The molecule has 0 bridgehead atoms. The molecule has 1 fully saturated rings. The third kappa shape index (κ3) is 5.47. The van der Waals surface area contributed by atoms with E-state index in [2.05, 4.69) is 5.10 Å². The Bertz CT molecular complexity index is 1220. The highest BCUT2D eigenvalue weighted by atomic mass is 19.4. The molecule has 2 atom stereocenters. The highest BCUT2D eigenvalue weighted by Gasteiger charge is 2.53. The lowest BCUT2D eigenvalue weighted by Gasteiger charge is -2.40. The Morgan fingerprint density at radius 1 is 1.08 bits per heavy atom. The molecule has 2 N–H and O–H groups in total. The molecule has 2 aromatic rings. The molecule has 0 aromatic heterocycles. The number of hydrogen-bond donors (Lipinski definition) is 1. The van der Waals surface area contributed by atoms with E-state index in [0.29, 0.717) is 24.3 Å². The van der Waals surface area contributed by atoms with Crippen LogP contribution in [0.4, 0.5) is 26.3 Å². The maximum Gasteiger partial charge on any atom is 0.416 e. The van der Waals surface area contributed by atoms with Gasteiger partial charge in [-0.3, -0.25) is 9.59 Å². The van der Waals surface area contributed by atoms with Gasteiger partial charge in [-0.1, -0.05) is 30.3 Å². The topological polar surface area (TPSA) is 88.2 Å². The van der Waals surface area contributed by atoms with E-state index in [1.165, 1.54) is 17.0 Å². The fourth-order valence-electron chi connectivity index (χ4n) is 4.72. The summed E-state index contributed by atoms with van der Waals surface area (Å²) < 4.78 is 83.8. The monoisotopic (exact) mass is 542 g/mol. The Morgan fingerprint density at radius 2 is 1.68 bits per heavy atom. The average molecular weight is 542 g/mol. The number of fused-ring (bicyclic) bond motifs is 1. The number of alkyl halides is 6. The smallest absolute Gasteiger partial charge is 0.416 e. The molecular weight excluding hydrogens is 518 g/mol. The fourth-order valence-corrected chi connectivity index (χ4v) is 4.72. The zero-order valence-corrected chi connectivity index (χ0v) is 20.1. The van der Waals surface area contributed by atoms with Gasteiger partial charge in [-0.05, 0) is 30.2 Å². The number of ether oxygens (including phenoxy) is 1. The van der Waals surface area contributed by atoms with Crippen molar-refractivity contribution in [3.63, 3.8) is 0 Å². The van der Waals surface area contributed by atoms with E-state index in [1.54, 1.807) is 0 Å². The van der Waals surface area contributed by atoms with Gasteiger partial charge >= 0.3 is 12.4 Å². The molecule has 4 rings (SSSR count). The molecule has 13 heteroatoms. The average Bonchev–Trinajstić information content (AvgIpc) is 3.10. The summed E-state index contributed by atoms with van der Waals surface area (Å²) >= 11 is 0. The van der Waals surface area contributed by atoms with E-state index in [1.807, 2.05) is 30.3 Å². The normalized spacial score (nSPS) is 20.7. The maximum absolute atomic E-state index is 13.2. The van der Waals surface area contributed by atoms with Gasteiger partial charge in [-0.15, -0.1) is 0 Å². The third-order valence-electron chi connectivity index (χ3n) is 6.57. The molecule has 1 saturated heterocycles. The Hall–Kier alpha value is -3.61. The second-order valence-electron chi connectivity index (χ2n) is 9.29. The van der Waals surface area contributed by atoms with Crippen molar-refractivity contribution >= 4 is 17.5 Å². The van der Waals surface area contributed by atoms with E-state index in [0.717, 1.165) is 5.56 Å². The molecule has 2 amide bonds. The highest BCUT2D eigenvalue weighted by Crippen LogP contribution is 2.39. The van der Waals surface area contributed by atoms with Crippen molar-refractivity contribution in [2.24, 2.45) is 16.3 Å². The number of carbonyl (C=O) groups is 2. The van der Waals surface area contributed by atoms with Crippen molar-refractivity contribution < 1.29 is 40.7 Å². The molecular formula is C25H24F6N4O3. The minimum absolute atomic E-state index is 0.0212. The first-order valence-electron chi connectivity index (χ1n) is 11.6. The summed E-state index contributed by atoms with van der Waals surface area (Å²) in [6.45, 7) is -0.516. The summed E-state index contributed by atoms with van der Waals surface area (Å²) in [4.78, 5) is 27.7. The van der Waals surface area contributed by atoms with Gasteiger partial charge in [0.05, 0.1) is 16.8 Å². The van der Waals surface area contributed by atoms with Crippen LogP contribution < -0.4 is 10.5 Å². The van der Waals surface area contributed by atoms with Crippen LogP contribution in [0.15, 0.2) is 53.6 Å². The molecule has 7 nitrogen and oxygen atoms in total. The van der Waals surface area contributed by atoms with Crippen LogP contribution in [0.25, 0.3) is 0 Å². The minimum Gasteiger partial charge on any atom is -0.491 e. The molecule has 0 radical (unpaired) electrons. The first-order valence-corrected chi connectivity index (χ1v) is 11.6. The van der Waals surface area contributed by atoms with Gasteiger partial charge in [-0.25, -0.2) is 5.01 Å². The number of hydrogen-bond acceptors (Lipinski definition) is 5. The van der Waals surface area contributed by atoms with E-state index in [9.17, 15) is 35.9 Å². The number of hydrazone groups is 1. The second kappa shape index (κ2) is 9.93. The van der Waals surface area contributed by atoms with Gasteiger partial charge in [0.15, 0.2) is 0 Å². The first-order chi connectivity index (χ1) is 17.7. The van der Waals surface area contributed by atoms with Gasteiger partial charge in [0.1, 0.15) is 23.8 Å². The summed E-state index contributed by atoms with van der Waals surface area (Å²) in [6.07, 6.45) is -9.50. The van der Waals surface area contributed by atoms with Crippen molar-refractivity contribution in [1.82, 2.24) is 9.91 Å². The number of halogens is 6. The molecule has 2 aliphatic heterocycles. The van der Waals surface area contributed by atoms with Crippen LogP contribution in [-0.4, -0.2) is 60.2 Å². The predicted molar refractivity (Wildman–Crippen MR) is 124 cm³/mol. The van der Waals surface area contributed by atoms with Crippen LogP contribution in [-0.2, 0) is 28.4 Å². The Balaban J connectivity index is 1.50. The maximum atomic E-state index is 13.2. The number of rotatable bonds is 6. The molecule has 0 saturated carbocycles. The van der Waals surface area contributed by atoms with Crippen LogP contribution in [0, 0.1) is 5.41 Å². The van der Waals surface area contributed by atoms with Crippen molar-refractivity contribution in [2.75, 3.05) is 26.7 Å². The summed E-state index contributed by atoms with van der Waals surface area (Å²) in [5.74, 6) is -1.67. The van der Waals surface area contributed by atoms with Gasteiger partial charge in [-0.2, -0.15) is 31.4 Å². The van der Waals surface area contributed by atoms with E-state index < -0.39 is 53.2 Å². The van der Waals surface area contributed by atoms with Gasteiger partial charge < -0.3 is 15.4 Å². The zero-order valence-electron chi connectivity index (χ0n) is 20.1. The Labute approximate surface area is 213 Å². The predicted octanol–water partition coefficient (Wildman–Crippen LogP) is 3.72. The largest absolute Gasteiger partial charge is 0.491 e. The number of likely N-dealkylation sites (tertiary alicyclic amines) is 1. The van der Waals surface area contributed by atoms with Crippen molar-refractivity contribution in [3.05, 3.63) is 65.2 Å². The number of carbonyl (C=O) groups excluding carboxylic acids is 2. The molecule has 2 heterocycles. The number of piperidine rings is 1. The van der Waals surface area contributed by atoms with Crippen LogP contribution in [0.3, 0.4) is 0 Å². The molecule has 204 valence electrons. The number of amides is 2. The number of benzene rings is 2. The lowest BCUT2D eigenvalue weighted by Crippen LogP contribution is -2.58. The fraction of sp³-hybridized carbons (Fsp3) is 0.400. The minimum atomic E-state index is -5.04. The standard InChI is InChI=1S/C25H24F6N4O3/c1-34-22(37)23(12-15-5-3-2-4-6-15)14-35(8-7-20(23)33-34)21(36)19(32)13-38-18-10-16(24(26,27)28)9-17(11-18)25(29,30)31/h2-6,9-11,19H,7-8,12-14,32H2,1H3/t19-,23-/m1/s1. The number of nitrogens with two attached hydrogens (primary N) is 1. The van der Waals surface area contributed by atoms with Crippen molar-refractivity contribution in [2.45, 2.75) is 31.2 Å². The SMILES string of the molecule is CN1N=C2CCN(C(=O)[C@H](N)COc3cc(C(F)(F)F)cc(C(F)(F)F)c3)C[C@@]2(Cc2ccccc2)C1=O. The second-order valence-corrected chi connectivity index (χ2v) is 9.29. The van der Waals surface area contributed by atoms with Crippen LogP contribution in [0.2, 0.25) is 0 Å². The van der Waals surface area contributed by atoms with Gasteiger partial charge in [0.2, 0.25) is 5.91 Å². The first kappa shape index (κ1) is 27.4. The molecule has 38 heavy (non-hydrogen) atoms. The van der Waals surface area contributed by atoms with Crippen LogP contribution in [0.5, 0.6) is 5.75 Å². The highest BCUT2D eigenvalue weighted by molar-refractivity contribution is 6.13. The lowest BCUT2D eigenvalue weighted by molar-refractivity contribution is -0.144. The summed E-state index contributed by atoms with van der Waals surface area (Å²) in [7, 11) is 1.52. The quantitative estimate of drug-likeness (QED) is 0.564. The molecule has 0 aliphatic carbocycles. The molecule has 2 aliphatic rings. The van der Waals surface area contributed by atoms with Crippen molar-refractivity contribution in [1.29, 1.82) is 0 Å². The van der Waals surface area contributed by atoms with Gasteiger partial charge in [0, 0.05) is 26.6 Å². The third-order valence-corrected chi connectivity index (χ3v) is 6.57. The molecule has 2 aromatic carbocycles. The van der Waals surface area contributed by atoms with Crippen LogP contribution >= 0.6 is 0 Å². The Kier molecular flexibility index (Phi) is 7.17. The summed E-state index contributed by atoms with van der Waals surface area (Å²) in [6, 6.07) is 8.58. The molecule has 0 spiro atoms. The van der Waals surface area contributed by atoms with E-state index in [-0.39, 0.29) is 31.5 Å². The lowest BCUT2D eigenvalue weighted by atomic mass is 9.73. The van der Waals surface area contributed by atoms with E-state index >= 15 is 0 Å². The van der Waals surface area contributed by atoms with Crippen LogP contribution in [0.1, 0.15) is 23.1 Å².